The number of nitrogens with one attached hydrogen (secondary N) is 2. The summed E-state index contributed by atoms with van der Waals surface area (Å²) in [6.07, 6.45) is 10.4. The van der Waals surface area contributed by atoms with Gasteiger partial charge in [0.25, 0.3) is 0 Å². The second-order valence-electron chi connectivity index (χ2n) is 13.1. The maximum Gasteiger partial charge on any atom is 0.246 e. The molecule has 2 N–H and O–H groups in total. The molecule has 2 saturated heterocycles. The first-order chi connectivity index (χ1) is 18.7. The highest BCUT2D eigenvalue weighted by Crippen LogP contribution is 2.56. The van der Waals surface area contributed by atoms with Crippen LogP contribution in [0.3, 0.4) is 0 Å². The number of carbonyl (C=O) groups excluding carboxylic acids is 3. The topological polar surface area (TPSA) is 87.7 Å². The third-order valence-corrected chi connectivity index (χ3v) is 10.6. The molecule has 7 heteroatoms. The van der Waals surface area contributed by atoms with Gasteiger partial charge in [-0.3, -0.25) is 14.4 Å². The van der Waals surface area contributed by atoms with E-state index in [1.807, 2.05) is 48.2 Å². The lowest BCUT2D eigenvalue weighted by molar-refractivity contribution is -0.145. The molecule has 1 spiro atoms. The first kappa shape index (κ1) is 26.5. The SMILES string of the molecule is Cc1cccc(NC(=O)[C@@H]2[C@@H]3C=C[C@]4(O3)[C@@H]2C(=O)N(C2CCC(C)CC2)[C@H]4C(=O)N[C@@H]2CCC[C@H](C)[C@@H]2C)c1. The lowest BCUT2D eigenvalue weighted by Gasteiger charge is -2.41. The Morgan fingerprint density at radius 3 is 2.54 bits per heavy atom. The molecule has 3 aliphatic heterocycles. The molecule has 4 fully saturated rings. The van der Waals surface area contributed by atoms with Crippen LogP contribution in [0.25, 0.3) is 0 Å². The van der Waals surface area contributed by atoms with E-state index in [1.54, 1.807) is 0 Å². The highest BCUT2D eigenvalue weighted by Gasteiger charge is 2.73. The van der Waals surface area contributed by atoms with Gasteiger partial charge >= 0.3 is 0 Å². The van der Waals surface area contributed by atoms with Gasteiger partial charge in [-0.25, -0.2) is 0 Å². The van der Waals surface area contributed by atoms with E-state index in [0.29, 0.717) is 23.4 Å². The van der Waals surface area contributed by atoms with Crippen LogP contribution in [0, 0.1) is 36.5 Å². The Kier molecular flexibility index (Phi) is 6.85. The molecule has 39 heavy (non-hydrogen) atoms. The van der Waals surface area contributed by atoms with Crippen molar-refractivity contribution in [3.63, 3.8) is 0 Å². The van der Waals surface area contributed by atoms with Gasteiger partial charge in [0, 0.05) is 17.8 Å². The molecule has 2 bridgehead atoms. The maximum absolute atomic E-state index is 14.3. The normalized spacial score (nSPS) is 41.0. The summed E-state index contributed by atoms with van der Waals surface area (Å²) in [6, 6.07) is 6.99. The number of benzene rings is 1. The summed E-state index contributed by atoms with van der Waals surface area (Å²) in [7, 11) is 0. The smallest absolute Gasteiger partial charge is 0.246 e. The van der Waals surface area contributed by atoms with Crippen LogP contribution < -0.4 is 10.6 Å². The van der Waals surface area contributed by atoms with Crippen molar-refractivity contribution in [2.45, 2.75) is 102 Å². The molecule has 3 amide bonds. The lowest BCUT2D eigenvalue weighted by atomic mass is 9.73. The van der Waals surface area contributed by atoms with Crippen LogP contribution in [-0.2, 0) is 19.1 Å². The van der Waals surface area contributed by atoms with Gasteiger partial charge in [0.05, 0.1) is 17.9 Å². The van der Waals surface area contributed by atoms with E-state index < -0.39 is 29.6 Å². The second kappa shape index (κ2) is 10.1. The van der Waals surface area contributed by atoms with Gasteiger partial charge < -0.3 is 20.3 Å². The van der Waals surface area contributed by atoms with Gasteiger partial charge in [0.15, 0.2) is 0 Å². The Hall–Kier alpha value is -2.67. The third-order valence-electron chi connectivity index (χ3n) is 10.6. The fraction of sp³-hybridized carbons (Fsp3) is 0.656. The molecule has 5 aliphatic rings. The van der Waals surface area contributed by atoms with Crippen molar-refractivity contribution < 1.29 is 19.1 Å². The average molecular weight is 534 g/mol. The quantitative estimate of drug-likeness (QED) is 0.542. The summed E-state index contributed by atoms with van der Waals surface area (Å²) >= 11 is 0. The van der Waals surface area contributed by atoms with Crippen LogP contribution in [0.5, 0.6) is 0 Å². The highest BCUT2D eigenvalue weighted by atomic mass is 16.5. The zero-order chi connectivity index (χ0) is 27.5. The van der Waals surface area contributed by atoms with Crippen LogP contribution in [-0.4, -0.2) is 52.5 Å². The van der Waals surface area contributed by atoms with Crippen LogP contribution in [0.4, 0.5) is 5.69 Å². The van der Waals surface area contributed by atoms with E-state index in [-0.39, 0.29) is 29.8 Å². The van der Waals surface area contributed by atoms with Crippen molar-refractivity contribution in [3.05, 3.63) is 42.0 Å². The Balaban J connectivity index is 1.32. The zero-order valence-corrected chi connectivity index (χ0v) is 23.7. The number of hydrogen-bond acceptors (Lipinski definition) is 4. The number of anilines is 1. The first-order valence-corrected chi connectivity index (χ1v) is 15.1. The zero-order valence-electron chi connectivity index (χ0n) is 23.7. The molecular formula is C32H43N3O4. The van der Waals surface area contributed by atoms with E-state index in [4.69, 9.17) is 4.74 Å². The number of carbonyl (C=O) groups is 3. The van der Waals surface area contributed by atoms with E-state index in [2.05, 4.69) is 31.4 Å². The summed E-state index contributed by atoms with van der Waals surface area (Å²) < 4.78 is 6.57. The molecule has 8 atom stereocenters. The van der Waals surface area contributed by atoms with Crippen molar-refractivity contribution >= 4 is 23.4 Å². The number of rotatable bonds is 5. The fourth-order valence-electron chi connectivity index (χ4n) is 8.12. The summed E-state index contributed by atoms with van der Waals surface area (Å²) in [5, 5.41) is 6.41. The molecule has 6 rings (SSSR count). The molecule has 2 saturated carbocycles. The summed E-state index contributed by atoms with van der Waals surface area (Å²) in [6.45, 7) is 8.71. The summed E-state index contributed by atoms with van der Waals surface area (Å²) in [5.41, 5.74) is 0.651. The van der Waals surface area contributed by atoms with Gasteiger partial charge in [-0.2, -0.15) is 0 Å². The number of ether oxygens (including phenoxy) is 1. The lowest BCUT2D eigenvalue weighted by Crippen LogP contribution is -2.59. The molecule has 2 aliphatic carbocycles. The fourth-order valence-corrected chi connectivity index (χ4v) is 8.12. The Bertz CT molecular complexity index is 1170. The van der Waals surface area contributed by atoms with E-state index >= 15 is 0 Å². The van der Waals surface area contributed by atoms with Crippen LogP contribution in [0.1, 0.15) is 71.3 Å². The number of nitrogens with zero attached hydrogens (tertiary/aromatic N) is 1. The number of amides is 3. The second-order valence-corrected chi connectivity index (χ2v) is 13.1. The first-order valence-electron chi connectivity index (χ1n) is 15.1. The van der Waals surface area contributed by atoms with Gasteiger partial charge in [-0.1, -0.05) is 57.9 Å². The van der Waals surface area contributed by atoms with E-state index in [1.165, 1.54) is 6.42 Å². The van der Waals surface area contributed by atoms with Gasteiger partial charge in [0.2, 0.25) is 17.7 Å². The number of fused-ring (bicyclic) bond motifs is 1. The average Bonchev–Trinajstić information content (AvgIpc) is 3.55. The van der Waals surface area contributed by atoms with E-state index in [9.17, 15) is 14.4 Å². The Morgan fingerprint density at radius 2 is 1.79 bits per heavy atom. The number of likely N-dealkylation sites (tertiary alicyclic amines) is 1. The molecule has 0 unspecified atom stereocenters. The monoisotopic (exact) mass is 533 g/mol. The van der Waals surface area contributed by atoms with Gasteiger partial charge in [0.1, 0.15) is 11.6 Å². The molecule has 0 radical (unpaired) electrons. The minimum absolute atomic E-state index is 0.0105. The molecular weight excluding hydrogens is 490 g/mol. The molecule has 1 aromatic rings. The Labute approximate surface area is 232 Å². The molecule has 7 nitrogen and oxygen atoms in total. The standard InChI is InChI=1S/C32H43N3O4/c1-18-11-13-23(14-12-18)35-28(30(37)34-24-10-6-8-20(3)21(24)4)32-16-15-25(39-32)26(27(32)31(35)38)29(36)33-22-9-5-7-19(2)17-22/h5,7,9,15-18,20-21,23-28H,6,8,10-14H2,1-4H3,(H,33,36)(H,34,37)/t18?,20-,21-,23?,24+,25-,26+,27-,28-,32-/m0/s1. The largest absolute Gasteiger partial charge is 0.359 e. The molecule has 3 heterocycles. The van der Waals surface area contributed by atoms with Crippen LogP contribution >= 0.6 is 0 Å². The predicted molar refractivity (Wildman–Crippen MR) is 150 cm³/mol. The van der Waals surface area contributed by atoms with Crippen molar-refractivity contribution in [3.8, 4) is 0 Å². The van der Waals surface area contributed by atoms with Crippen molar-refractivity contribution in [1.29, 1.82) is 0 Å². The van der Waals surface area contributed by atoms with E-state index in [0.717, 1.165) is 44.1 Å². The number of hydrogen-bond donors (Lipinski definition) is 2. The minimum atomic E-state index is -1.10. The molecule has 1 aromatic carbocycles. The van der Waals surface area contributed by atoms with Crippen LogP contribution in [0.15, 0.2) is 36.4 Å². The number of aryl methyl sites for hydroxylation is 1. The van der Waals surface area contributed by atoms with Crippen molar-refractivity contribution in [2.75, 3.05) is 5.32 Å². The van der Waals surface area contributed by atoms with Gasteiger partial charge in [-0.05, 0) is 74.5 Å². The van der Waals surface area contributed by atoms with Gasteiger partial charge in [-0.15, -0.1) is 0 Å². The predicted octanol–water partition coefficient (Wildman–Crippen LogP) is 4.60. The molecule has 210 valence electrons. The van der Waals surface area contributed by atoms with Crippen molar-refractivity contribution in [1.82, 2.24) is 10.2 Å². The minimum Gasteiger partial charge on any atom is -0.359 e. The third kappa shape index (κ3) is 4.41. The maximum atomic E-state index is 14.3. The Morgan fingerprint density at radius 1 is 1.03 bits per heavy atom. The van der Waals surface area contributed by atoms with Crippen LogP contribution in [0.2, 0.25) is 0 Å². The molecule has 0 aromatic heterocycles. The summed E-state index contributed by atoms with van der Waals surface area (Å²) in [4.78, 5) is 44.1. The van der Waals surface area contributed by atoms with Crippen molar-refractivity contribution in [2.24, 2.45) is 29.6 Å². The summed E-state index contributed by atoms with van der Waals surface area (Å²) in [5.74, 6) is -0.270. The highest BCUT2D eigenvalue weighted by molar-refractivity contribution is 6.03.